The highest BCUT2D eigenvalue weighted by Gasteiger charge is 2.20. The van der Waals surface area contributed by atoms with Crippen molar-refractivity contribution >= 4 is 5.57 Å². The number of aliphatic hydroxyl groups excluding tert-OH is 1. The normalized spacial score (nSPS) is 21.6. The molecular weight excluding hydrogens is 259 g/mol. The summed E-state index contributed by atoms with van der Waals surface area (Å²) in [4.78, 5) is 0. The van der Waals surface area contributed by atoms with E-state index < -0.39 is 18.8 Å². The lowest BCUT2D eigenvalue weighted by atomic mass is 9.99. The van der Waals surface area contributed by atoms with E-state index in [-0.39, 0.29) is 12.6 Å². The van der Waals surface area contributed by atoms with Gasteiger partial charge in [0.15, 0.2) is 0 Å². The van der Waals surface area contributed by atoms with Crippen LogP contribution in [0.1, 0.15) is 17.2 Å². The van der Waals surface area contributed by atoms with Gasteiger partial charge < -0.3 is 20.9 Å². The second-order valence-corrected chi connectivity index (χ2v) is 4.96. The molecule has 1 heterocycles. The first-order valence-corrected chi connectivity index (χ1v) is 6.69. The van der Waals surface area contributed by atoms with Crippen molar-refractivity contribution in [1.82, 2.24) is 5.32 Å². The summed E-state index contributed by atoms with van der Waals surface area (Å²) in [5.41, 5.74) is 8.81. The third-order valence-electron chi connectivity index (χ3n) is 3.58. The minimum Gasteiger partial charge on any atom is -0.394 e. The van der Waals surface area contributed by atoms with Gasteiger partial charge in [-0.05, 0) is 16.7 Å². The standard InChI is InChI=1S/C15H21FN2O2/c1-20-15(14(17)7-16)11-4-2-10(3-5-11)12-6-13(9-19)18-8-12/h2-6,13-15,18-19H,7-9,17H2,1H3. The van der Waals surface area contributed by atoms with Crippen molar-refractivity contribution in [3.8, 4) is 0 Å². The highest BCUT2D eigenvalue weighted by Crippen LogP contribution is 2.24. The molecule has 0 spiro atoms. The van der Waals surface area contributed by atoms with Gasteiger partial charge in [-0.1, -0.05) is 30.3 Å². The molecule has 4 nitrogen and oxygen atoms in total. The first kappa shape index (κ1) is 15.1. The molecule has 0 aromatic heterocycles. The molecule has 0 amide bonds. The Labute approximate surface area is 118 Å². The maximum absolute atomic E-state index is 12.7. The van der Waals surface area contributed by atoms with Crippen molar-refractivity contribution in [2.45, 2.75) is 18.2 Å². The van der Waals surface area contributed by atoms with Crippen LogP contribution in [-0.2, 0) is 4.74 Å². The highest BCUT2D eigenvalue weighted by atomic mass is 19.1. The highest BCUT2D eigenvalue weighted by molar-refractivity contribution is 5.69. The quantitative estimate of drug-likeness (QED) is 0.728. The first-order chi connectivity index (χ1) is 9.69. The predicted molar refractivity (Wildman–Crippen MR) is 77.0 cm³/mol. The fourth-order valence-electron chi connectivity index (χ4n) is 2.44. The Morgan fingerprint density at radius 3 is 2.65 bits per heavy atom. The number of halogens is 1. The lowest BCUT2D eigenvalue weighted by Crippen LogP contribution is -2.31. The average molecular weight is 280 g/mol. The molecule has 1 aromatic rings. The molecule has 0 aliphatic carbocycles. The summed E-state index contributed by atoms with van der Waals surface area (Å²) in [5, 5.41) is 12.3. The molecule has 1 aromatic carbocycles. The maximum Gasteiger partial charge on any atom is 0.107 e. The van der Waals surface area contributed by atoms with Crippen LogP contribution >= 0.6 is 0 Å². The zero-order valence-corrected chi connectivity index (χ0v) is 11.6. The summed E-state index contributed by atoms with van der Waals surface area (Å²) in [6.07, 6.45) is 1.59. The van der Waals surface area contributed by atoms with E-state index in [1.54, 1.807) is 0 Å². The van der Waals surface area contributed by atoms with Gasteiger partial charge in [0, 0.05) is 19.7 Å². The molecule has 3 atom stereocenters. The van der Waals surface area contributed by atoms with E-state index >= 15 is 0 Å². The second kappa shape index (κ2) is 6.95. The van der Waals surface area contributed by atoms with Crippen LogP contribution in [0.5, 0.6) is 0 Å². The fourth-order valence-corrected chi connectivity index (χ4v) is 2.44. The third-order valence-corrected chi connectivity index (χ3v) is 3.58. The molecule has 0 radical (unpaired) electrons. The zero-order valence-electron chi connectivity index (χ0n) is 11.6. The molecular formula is C15H21FN2O2. The summed E-state index contributed by atoms with van der Waals surface area (Å²) in [6, 6.07) is 7.13. The summed E-state index contributed by atoms with van der Waals surface area (Å²) in [7, 11) is 1.53. The molecule has 110 valence electrons. The minimum absolute atomic E-state index is 0.0244. The topological polar surface area (TPSA) is 67.5 Å². The van der Waals surface area contributed by atoms with Crippen LogP contribution in [-0.4, -0.2) is 44.1 Å². The molecule has 5 heteroatoms. The summed E-state index contributed by atoms with van der Waals surface area (Å²) in [5.74, 6) is 0. The van der Waals surface area contributed by atoms with E-state index in [0.717, 1.165) is 23.2 Å². The number of rotatable bonds is 6. The van der Waals surface area contributed by atoms with E-state index in [2.05, 4.69) is 5.32 Å². The van der Waals surface area contributed by atoms with E-state index in [0.29, 0.717) is 0 Å². The molecule has 0 fully saturated rings. The number of nitrogens with two attached hydrogens (primary N) is 1. The Balaban J connectivity index is 2.14. The zero-order chi connectivity index (χ0) is 14.5. The lowest BCUT2D eigenvalue weighted by molar-refractivity contribution is 0.0721. The molecule has 3 unspecified atom stereocenters. The van der Waals surface area contributed by atoms with Gasteiger partial charge in [0.1, 0.15) is 6.67 Å². The third kappa shape index (κ3) is 3.24. The molecule has 0 bridgehead atoms. The molecule has 0 saturated heterocycles. The van der Waals surface area contributed by atoms with Gasteiger partial charge in [0.05, 0.1) is 18.8 Å². The number of methoxy groups -OCH3 is 1. The van der Waals surface area contributed by atoms with Gasteiger partial charge in [0.25, 0.3) is 0 Å². The van der Waals surface area contributed by atoms with Crippen molar-refractivity contribution in [2.75, 3.05) is 26.9 Å². The molecule has 20 heavy (non-hydrogen) atoms. The van der Waals surface area contributed by atoms with Gasteiger partial charge in [0.2, 0.25) is 0 Å². The van der Waals surface area contributed by atoms with Crippen molar-refractivity contribution in [3.63, 3.8) is 0 Å². The monoisotopic (exact) mass is 280 g/mol. The van der Waals surface area contributed by atoms with Crippen molar-refractivity contribution in [2.24, 2.45) is 5.73 Å². The number of hydrogen-bond acceptors (Lipinski definition) is 4. The Bertz CT molecular complexity index is 461. The number of hydrogen-bond donors (Lipinski definition) is 3. The van der Waals surface area contributed by atoms with Gasteiger partial charge in [-0.3, -0.25) is 0 Å². The first-order valence-electron chi connectivity index (χ1n) is 6.69. The van der Waals surface area contributed by atoms with Gasteiger partial charge in [-0.2, -0.15) is 0 Å². The van der Waals surface area contributed by atoms with Crippen LogP contribution in [0.15, 0.2) is 30.3 Å². The molecule has 1 aliphatic rings. The number of alkyl halides is 1. The Morgan fingerprint density at radius 1 is 1.45 bits per heavy atom. The van der Waals surface area contributed by atoms with E-state index in [4.69, 9.17) is 15.6 Å². The Kier molecular flexibility index (Phi) is 5.25. The molecule has 2 rings (SSSR count). The Hall–Kier alpha value is -1.27. The van der Waals surface area contributed by atoms with Gasteiger partial charge in [-0.25, -0.2) is 4.39 Å². The SMILES string of the molecule is COC(c1ccc(C2=CC(CO)NC2)cc1)C(N)CF. The summed E-state index contributed by atoms with van der Waals surface area (Å²) >= 11 is 0. The van der Waals surface area contributed by atoms with Crippen LogP contribution in [0, 0.1) is 0 Å². The summed E-state index contributed by atoms with van der Waals surface area (Å²) < 4.78 is 17.9. The van der Waals surface area contributed by atoms with Crippen LogP contribution in [0.2, 0.25) is 0 Å². The number of ether oxygens (including phenoxy) is 1. The number of nitrogens with one attached hydrogen (secondary N) is 1. The van der Waals surface area contributed by atoms with E-state index in [9.17, 15) is 4.39 Å². The van der Waals surface area contributed by atoms with Crippen molar-refractivity contribution in [1.29, 1.82) is 0 Å². The minimum atomic E-state index is -0.656. The maximum atomic E-state index is 12.7. The molecule has 4 N–H and O–H groups in total. The summed E-state index contributed by atoms with van der Waals surface area (Å²) in [6.45, 7) is 0.217. The van der Waals surface area contributed by atoms with Gasteiger partial charge >= 0.3 is 0 Å². The van der Waals surface area contributed by atoms with E-state index in [1.807, 2.05) is 30.3 Å². The van der Waals surface area contributed by atoms with Crippen LogP contribution in [0.4, 0.5) is 4.39 Å². The van der Waals surface area contributed by atoms with Crippen LogP contribution in [0.25, 0.3) is 5.57 Å². The fraction of sp³-hybridized carbons (Fsp3) is 0.467. The van der Waals surface area contributed by atoms with Crippen molar-refractivity contribution < 1.29 is 14.2 Å². The van der Waals surface area contributed by atoms with Gasteiger partial charge in [-0.15, -0.1) is 0 Å². The lowest BCUT2D eigenvalue weighted by Gasteiger charge is -2.20. The van der Waals surface area contributed by atoms with E-state index in [1.165, 1.54) is 7.11 Å². The smallest absolute Gasteiger partial charge is 0.107 e. The van der Waals surface area contributed by atoms with Crippen LogP contribution in [0.3, 0.4) is 0 Å². The predicted octanol–water partition coefficient (Wildman–Crippen LogP) is 1.02. The molecule has 1 aliphatic heterocycles. The number of benzene rings is 1. The van der Waals surface area contributed by atoms with Crippen molar-refractivity contribution in [3.05, 3.63) is 41.5 Å². The largest absolute Gasteiger partial charge is 0.394 e. The Morgan fingerprint density at radius 2 is 2.15 bits per heavy atom. The second-order valence-electron chi connectivity index (χ2n) is 4.96. The number of aliphatic hydroxyl groups is 1. The average Bonchev–Trinajstić information content (AvgIpc) is 2.97. The molecule has 0 saturated carbocycles. The van der Waals surface area contributed by atoms with Crippen LogP contribution < -0.4 is 11.1 Å².